The Morgan fingerprint density at radius 1 is 0.944 bits per heavy atom. The van der Waals surface area contributed by atoms with E-state index in [1.165, 1.54) is 42.7 Å². The van der Waals surface area contributed by atoms with Gasteiger partial charge in [0.2, 0.25) is 5.91 Å². The van der Waals surface area contributed by atoms with E-state index in [2.05, 4.69) is 16.3 Å². The van der Waals surface area contributed by atoms with E-state index in [-0.39, 0.29) is 17.3 Å². The van der Waals surface area contributed by atoms with Crippen molar-refractivity contribution in [2.45, 2.75) is 44.7 Å². The van der Waals surface area contributed by atoms with Crippen LogP contribution in [0.3, 0.4) is 0 Å². The molecule has 36 heavy (non-hydrogen) atoms. The smallest absolute Gasteiger partial charge is 0.264 e. The number of carbonyl (C=O) groups is 1. The van der Waals surface area contributed by atoms with Crippen molar-refractivity contribution in [2.75, 3.05) is 23.9 Å². The summed E-state index contributed by atoms with van der Waals surface area (Å²) in [5.74, 6) is -0.373. The maximum atomic E-state index is 13.6. The van der Waals surface area contributed by atoms with Gasteiger partial charge in [0.1, 0.15) is 6.54 Å². The predicted molar refractivity (Wildman–Crippen MR) is 145 cm³/mol. The van der Waals surface area contributed by atoms with Crippen LogP contribution in [0.1, 0.15) is 35.1 Å². The Hall–Kier alpha value is -2.87. The van der Waals surface area contributed by atoms with Crippen LogP contribution in [-0.2, 0) is 27.9 Å². The van der Waals surface area contributed by atoms with Crippen LogP contribution in [0, 0.1) is 13.8 Å². The summed E-state index contributed by atoms with van der Waals surface area (Å²) in [5.41, 5.74) is 4.65. The summed E-state index contributed by atoms with van der Waals surface area (Å²) >= 11 is 5.97. The van der Waals surface area contributed by atoms with Gasteiger partial charge in [0.05, 0.1) is 10.6 Å². The number of hydrogen-bond acceptors (Lipinski definition) is 4. The fraction of sp³-hybridized carbons (Fsp3) is 0.321. The molecule has 0 aliphatic carbocycles. The van der Waals surface area contributed by atoms with Crippen LogP contribution in [0.2, 0.25) is 5.02 Å². The minimum Gasteiger partial charge on any atom is -0.350 e. The van der Waals surface area contributed by atoms with E-state index < -0.39 is 10.0 Å². The third-order valence-electron chi connectivity index (χ3n) is 6.65. The summed E-state index contributed by atoms with van der Waals surface area (Å²) in [6.07, 6.45) is 2.44. The van der Waals surface area contributed by atoms with E-state index in [1.807, 2.05) is 38.1 Å². The maximum absolute atomic E-state index is 13.6. The molecule has 4 rings (SSSR count). The Morgan fingerprint density at radius 3 is 2.28 bits per heavy atom. The molecule has 0 spiro atoms. The average Bonchev–Trinajstić information content (AvgIpc) is 3.37. The summed E-state index contributed by atoms with van der Waals surface area (Å²) in [5, 5.41) is 3.38. The van der Waals surface area contributed by atoms with Gasteiger partial charge >= 0.3 is 0 Å². The van der Waals surface area contributed by atoms with E-state index in [4.69, 9.17) is 11.6 Å². The van der Waals surface area contributed by atoms with Crippen LogP contribution in [-0.4, -0.2) is 38.9 Å². The van der Waals surface area contributed by atoms with Crippen molar-refractivity contribution in [1.29, 1.82) is 0 Å². The molecule has 1 aliphatic heterocycles. The lowest BCUT2D eigenvalue weighted by Crippen LogP contribution is -2.40. The lowest BCUT2D eigenvalue weighted by Gasteiger charge is -2.25. The summed E-state index contributed by atoms with van der Waals surface area (Å²) in [7, 11) is -4.00. The molecule has 3 aromatic carbocycles. The molecule has 0 bridgehead atoms. The van der Waals surface area contributed by atoms with Gasteiger partial charge in [-0.05, 0) is 98.4 Å². The monoisotopic (exact) mass is 525 g/mol. The third-order valence-corrected chi connectivity index (χ3v) is 8.69. The number of carbonyl (C=O) groups excluding carboxylic acids is 1. The molecular weight excluding hydrogens is 494 g/mol. The summed E-state index contributed by atoms with van der Waals surface area (Å²) in [6.45, 7) is 6.92. The number of benzene rings is 3. The molecule has 0 saturated carbocycles. The topological polar surface area (TPSA) is 69.7 Å². The Labute approximate surface area is 218 Å². The molecule has 0 radical (unpaired) electrons. The van der Waals surface area contributed by atoms with Crippen molar-refractivity contribution >= 4 is 33.2 Å². The van der Waals surface area contributed by atoms with E-state index >= 15 is 0 Å². The van der Waals surface area contributed by atoms with Crippen LogP contribution < -0.4 is 9.62 Å². The average molecular weight is 526 g/mol. The number of sulfonamides is 1. The van der Waals surface area contributed by atoms with Gasteiger partial charge in [-0.2, -0.15) is 0 Å². The highest BCUT2D eigenvalue weighted by atomic mass is 35.5. The highest BCUT2D eigenvalue weighted by Crippen LogP contribution is 2.26. The van der Waals surface area contributed by atoms with Gasteiger partial charge in [-0.25, -0.2) is 8.42 Å². The first-order valence-electron chi connectivity index (χ1n) is 12.2. The molecule has 1 saturated heterocycles. The number of amides is 1. The van der Waals surface area contributed by atoms with Gasteiger partial charge in [-0.1, -0.05) is 41.9 Å². The van der Waals surface area contributed by atoms with Crippen LogP contribution in [0.5, 0.6) is 0 Å². The van der Waals surface area contributed by atoms with Crippen LogP contribution >= 0.6 is 11.6 Å². The Kier molecular flexibility index (Phi) is 8.34. The Balaban J connectivity index is 1.54. The second-order valence-electron chi connectivity index (χ2n) is 9.26. The van der Waals surface area contributed by atoms with Crippen LogP contribution in [0.25, 0.3) is 0 Å². The molecule has 1 amide bonds. The number of halogens is 1. The van der Waals surface area contributed by atoms with Crippen molar-refractivity contribution in [2.24, 2.45) is 0 Å². The lowest BCUT2D eigenvalue weighted by atomic mass is 10.1. The van der Waals surface area contributed by atoms with Crippen molar-refractivity contribution in [1.82, 2.24) is 10.2 Å². The summed E-state index contributed by atoms with van der Waals surface area (Å²) in [6, 6.07) is 19.4. The van der Waals surface area contributed by atoms with E-state index in [0.29, 0.717) is 17.3 Å². The van der Waals surface area contributed by atoms with E-state index in [0.717, 1.165) is 40.6 Å². The van der Waals surface area contributed by atoms with Crippen molar-refractivity contribution in [3.05, 3.63) is 94.0 Å². The normalized spacial score (nSPS) is 14.1. The molecule has 1 fully saturated rings. The molecule has 1 aliphatic rings. The van der Waals surface area contributed by atoms with Gasteiger partial charge in [0.15, 0.2) is 0 Å². The molecule has 8 heteroatoms. The lowest BCUT2D eigenvalue weighted by molar-refractivity contribution is -0.119. The number of anilines is 1. The molecule has 0 unspecified atom stereocenters. The SMILES string of the molecule is Cc1ccc(N(CC(=O)NCc2ccccc2CN2CCCC2)S(=O)(=O)c2ccc(Cl)cc2)cc1C. The minimum atomic E-state index is -4.00. The molecule has 0 atom stereocenters. The fourth-order valence-electron chi connectivity index (χ4n) is 4.38. The van der Waals surface area contributed by atoms with Gasteiger partial charge < -0.3 is 5.32 Å². The predicted octanol–water partition coefficient (Wildman–Crippen LogP) is 5.06. The van der Waals surface area contributed by atoms with Crippen molar-refractivity contribution in [3.63, 3.8) is 0 Å². The first-order chi connectivity index (χ1) is 17.2. The molecular formula is C28H32ClN3O3S. The standard InChI is InChI=1S/C28H32ClN3O3S/c1-21-9-12-26(17-22(21)2)32(36(34,35)27-13-10-25(29)11-14-27)20-28(33)30-18-23-7-3-4-8-24(23)19-31-15-5-6-16-31/h3-4,7-14,17H,5-6,15-16,18-20H2,1-2H3,(H,30,33). The van der Waals surface area contributed by atoms with Gasteiger partial charge in [0, 0.05) is 18.1 Å². The molecule has 3 aromatic rings. The number of likely N-dealkylation sites (tertiary alicyclic amines) is 1. The second-order valence-corrected chi connectivity index (χ2v) is 11.6. The Morgan fingerprint density at radius 2 is 1.61 bits per heavy atom. The first kappa shape index (κ1) is 26.2. The van der Waals surface area contributed by atoms with Gasteiger partial charge in [0.25, 0.3) is 10.0 Å². The van der Waals surface area contributed by atoms with E-state index in [9.17, 15) is 13.2 Å². The molecule has 0 aromatic heterocycles. The summed E-state index contributed by atoms with van der Waals surface area (Å²) < 4.78 is 28.4. The number of rotatable bonds is 9. The zero-order valence-electron chi connectivity index (χ0n) is 20.7. The van der Waals surface area contributed by atoms with Crippen LogP contribution in [0.4, 0.5) is 5.69 Å². The molecule has 1 N–H and O–H groups in total. The molecule has 190 valence electrons. The van der Waals surface area contributed by atoms with Crippen molar-refractivity contribution in [3.8, 4) is 0 Å². The second kappa shape index (κ2) is 11.5. The quantitative estimate of drug-likeness (QED) is 0.424. The van der Waals surface area contributed by atoms with Gasteiger partial charge in [-0.3, -0.25) is 14.0 Å². The minimum absolute atomic E-state index is 0.0777. The Bertz CT molecular complexity index is 1320. The summed E-state index contributed by atoms with van der Waals surface area (Å²) in [4.78, 5) is 15.6. The fourth-order valence-corrected chi connectivity index (χ4v) is 5.91. The first-order valence-corrected chi connectivity index (χ1v) is 14.0. The third kappa shape index (κ3) is 6.27. The largest absolute Gasteiger partial charge is 0.350 e. The van der Waals surface area contributed by atoms with E-state index in [1.54, 1.807) is 12.1 Å². The van der Waals surface area contributed by atoms with Crippen LogP contribution in [0.15, 0.2) is 71.6 Å². The number of aryl methyl sites for hydroxylation is 2. The highest BCUT2D eigenvalue weighted by Gasteiger charge is 2.27. The number of hydrogen-bond donors (Lipinski definition) is 1. The highest BCUT2D eigenvalue weighted by molar-refractivity contribution is 7.92. The molecule has 1 heterocycles. The zero-order valence-corrected chi connectivity index (χ0v) is 22.3. The van der Waals surface area contributed by atoms with Crippen molar-refractivity contribution < 1.29 is 13.2 Å². The number of nitrogens with one attached hydrogen (secondary N) is 1. The zero-order chi connectivity index (χ0) is 25.7. The van der Waals surface area contributed by atoms with Gasteiger partial charge in [-0.15, -0.1) is 0 Å². The number of nitrogens with zero attached hydrogens (tertiary/aromatic N) is 2. The maximum Gasteiger partial charge on any atom is 0.264 e. The molecule has 6 nitrogen and oxygen atoms in total.